The highest BCUT2D eigenvalue weighted by Crippen LogP contribution is 2.42. The molecule has 1 fully saturated rings. The second-order valence-electron chi connectivity index (χ2n) is 26.0. The molecule has 100 heavy (non-hydrogen) atoms. The summed E-state index contributed by atoms with van der Waals surface area (Å²) >= 11 is 6.19. The van der Waals surface area contributed by atoms with Gasteiger partial charge in [-0.3, -0.25) is 0 Å². The van der Waals surface area contributed by atoms with E-state index in [1.807, 2.05) is 194 Å². The third kappa shape index (κ3) is 11.4. The highest BCUT2D eigenvalue weighted by molar-refractivity contribution is 6.65. The van der Waals surface area contributed by atoms with Gasteiger partial charge >= 0.3 is 7.12 Å². The van der Waals surface area contributed by atoms with Gasteiger partial charge in [0.05, 0.1) is 11.2 Å². The van der Waals surface area contributed by atoms with Crippen LogP contribution in [-0.4, -0.2) is 48.2 Å². The molecule has 5 heterocycles. The van der Waals surface area contributed by atoms with Crippen LogP contribution in [0.4, 0.5) is 0 Å². The fourth-order valence-electron chi connectivity index (χ4n) is 13.6. The van der Waals surface area contributed by atoms with Crippen LogP contribution >= 0.6 is 11.6 Å². The number of benzene rings is 14. The van der Waals surface area contributed by atoms with Crippen molar-refractivity contribution in [2.45, 2.75) is 38.9 Å². The Balaban J connectivity index is 0.000000118. The molecule has 10 nitrogen and oxygen atoms in total. The van der Waals surface area contributed by atoms with Gasteiger partial charge in [-0.15, -0.1) is 0 Å². The Morgan fingerprint density at radius 1 is 0.270 bits per heavy atom. The molecule has 0 saturated carbocycles. The molecule has 12 heteroatoms. The summed E-state index contributed by atoms with van der Waals surface area (Å²) in [5.41, 5.74) is 12.1. The first-order valence-electron chi connectivity index (χ1n) is 33.4. The number of furan rings is 2. The van der Waals surface area contributed by atoms with E-state index in [9.17, 15) is 0 Å². The van der Waals surface area contributed by atoms with E-state index < -0.39 is 0 Å². The lowest BCUT2D eigenvalue weighted by Gasteiger charge is -2.32. The number of rotatable bonds is 8. The number of halogens is 1. The van der Waals surface area contributed by atoms with Gasteiger partial charge < -0.3 is 18.1 Å². The fraction of sp³-hybridized carbons (Fsp3) is 0.0682. The van der Waals surface area contributed by atoms with E-state index in [-0.39, 0.29) is 18.3 Å². The summed E-state index contributed by atoms with van der Waals surface area (Å²) in [7, 11) is -0.376. The van der Waals surface area contributed by atoms with Gasteiger partial charge in [-0.05, 0) is 130 Å². The molecule has 0 unspecified atom stereocenters. The van der Waals surface area contributed by atoms with Gasteiger partial charge in [0.2, 0.25) is 0 Å². The first kappa shape index (κ1) is 61.6. The number of para-hydroxylation sites is 2. The van der Waals surface area contributed by atoms with Crippen molar-refractivity contribution in [3.63, 3.8) is 0 Å². The molecule has 0 aliphatic carbocycles. The van der Waals surface area contributed by atoms with Crippen molar-refractivity contribution in [3.8, 4) is 79.5 Å². The quantitative estimate of drug-likeness (QED) is 0.136. The zero-order valence-electron chi connectivity index (χ0n) is 55.1. The molecule has 4 aromatic heterocycles. The zero-order chi connectivity index (χ0) is 67.5. The highest BCUT2D eigenvalue weighted by atomic mass is 35.5. The van der Waals surface area contributed by atoms with Crippen LogP contribution in [0.3, 0.4) is 0 Å². The molecule has 0 atom stereocenters. The topological polar surface area (TPSA) is 122 Å². The van der Waals surface area contributed by atoms with Crippen molar-refractivity contribution >= 4 is 111 Å². The zero-order valence-corrected chi connectivity index (χ0v) is 55.9. The number of fused-ring (bicyclic) bond motifs is 12. The van der Waals surface area contributed by atoms with Crippen LogP contribution < -0.4 is 5.46 Å². The molecule has 1 saturated heterocycles. The fourth-order valence-corrected chi connectivity index (χ4v) is 13.7. The van der Waals surface area contributed by atoms with Crippen molar-refractivity contribution in [1.29, 1.82) is 0 Å². The van der Waals surface area contributed by atoms with Crippen LogP contribution in [0.2, 0.25) is 5.02 Å². The average molecular weight is 1310 g/mol. The molecule has 0 radical (unpaired) electrons. The predicted molar refractivity (Wildman–Crippen MR) is 409 cm³/mol. The molecule has 0 bridgehead atoms. The lowest BCUT2D eigenvalue weighted by Crippen LogP contribution is -2.41. The van der Waals surface area contributed by atoms with Crippen molar-refractivity contribution in [2.24, 2.45) is 0 Å². The minimum atomic E-state index is -0.376. The maximum atomic E-state index is 6.29. The lowest BCUT2D eigenvalue weighted by atomic mass is 9.76. The molecular weight excluding hydrogens is 1250 g/mol. The Hall–Kier alpha value is -12.0. The van der Waals surface area contributed by atoms with Crippen LogP contribution in [-0.2, 0) is 9.31 Å². The van der Waals surface area contributed by atoms with Gasteiger partial charge in [0.25, 0.3) is 0 Å². The van der Waals surface area contributed by atoms with Crippen molar-refractivity contribution in [1.82, 2.24) is 29.9 Å². The second kappa shape index (κ2) is 25.5. The molecule has 19 rings (SSSR count). The Bertz CT molecular complexity index is 6020. The Morgan fingerprint density at radius 2 is 0.640 bits per heavy atom. The largest absolute Gasteiger partial charge is 0.495 e. The Kier molecular flexibility index (Phi) is 15.7. The molecule has 18 aromatic rings. The summed E-state index contributed by atoms with van der Waals surface area (Å²) in [6.07, 6.45) is 0. The van der Waals surface area contributed by atoms with Gasteiger partial charge in [0.1, 0.15) is 22.3 Å². The summed E-state index contributed by atoms with van der Waals surface area (Å²) < 4.78 is 24.8. The normalized spacial score (nSPS) is 13.3. The third-order valence-electron chi connectivity index (χ3n) is 19.3. The first-order chi connectivity index (χ1) is 48.9. The molecule has 0 N–H and O–H groups in total. The molecule has 1 aliphatic rings. The van der Waals surface area contributed by atoms with E-state index in [0.29, 0.717) is 40.0 Å². The van der Waals surface area contributed by atoms with Crippen LogP contribution in [0.25, 0.3) is 166 Å². The second-order valence-corrected chi connectivity index (χ2v) is 26.4. The standard InChI is InChI=1S/C41H25N3O.C25H16ClN3.C22H21BO3/c1-3-11-26(12-4-1)39-42-40(27-13-5-2-6-14-27)44-41(43-39)34-19-9-15-28-25-29(21-22-31(28)34)30-17-10-18-33-32(30)23-24-37-38(33)35-16-7-8-20-36(35)45-37;26-20-14-15-21-19(16-20)12-7-13-22(21)25-28-23(17-8-3-1-4-9-17)27-24(29-25)18-10-5-2-6-11-18;1-21(2)22(3,4)26-23(25-21)17-10-7-9-15-14(17)12-13-19-20(15)16-8-5-6-11-18(16)24-19/h1-25H;1-16H;5-13H,1-4H3. The first-order valence-corrected chi connectivity index (χ1v) is 33.8. The summed E-state index contributed by atoms with van der Waals surface area (Å²) in [5.74, 6) is 3.91. The van der Waals surface area contributed by atoms with E-state index in [0.717, 1.165) is 115 Å². The number of hydrogen-bond donors (Lipinski definition) is 0. The van der Waals surface area contributed by atoms with Gasteiger partial charge in [-0.25, -0.2) is 29.9 Å². The molecule has 14 aromatic carbocycles. The van der Waals surface area contributed by atoms with Crippen LogP contribution in [0.5, 0.6) is 0 Å². The lowest BCUT2D eigenvalue weighted by molar-refractivity contribution is 0.00578. The number of hydrogen-bond acceptors (Lipinski definition) is 10. The molecule has 478 valence electrons. The molecular formula is C88H62BClN6O4. The Labute approximate surface area is 582 Å². The summed E-state index contributed by atoms with van der Waals surface area (Å²) in [6.45, 7) is 8.33. The third-order valence-corrected chi connectivity index (χ3v) is 19.5. The predicted octanol–water partition coefficient (Wildman–Crippen LogP) is 22.5. The minimum Gasteiger partial charge on any atom is -0.456 e. The van der Waals surface area contributed by atoms with Gasteiger partial charge in [-0.1, -0.05) is 272 Å². The summed E-state index contributed by atoms with van der Waals surface area (Å²) in [6, 6.07) is 103. The smallest absolute Gasteiger partial charge is 0.456 e. The van der Waals surface area contributed by atoms with Gasteiger partial charge in [-0.2, -0.15) is 0 Å². The van der Waals surface area contributed by atoms with Crippen LogP contribution in [0.1, 0.15) is 27.7 Å². The van der Waals surface area contributed by atoms with Gasteiger partial charge in [0, 0.05) is 59.9 Å². The SMILES string of the molecule is CC1(C)OB(c2cccc3c2ccc2oc4ccccc4c23)OC1(C)C.Clc1ccc2c(-c3nc(-c4ccccc4)nc(-c4ccccc4)n3)cccc2c1.c1ccc(-c2nc(-c3ccccc3)nc(-c3cccc4cc(-c5cccc6c5ccc5oc7ccccc7c56)ccc34)n2)cc1. The van der Waals surface area contributed by atoms with Crippen molar-refractivity contribution < 1.29 is 18.1 Å². The number of nitrogens with zero attached hydrogens (tertiary/aromatic N) is 6. The molecule has 0 spiro atoms. The molecule has 1 aliphatic heterocycles. The van der Waals surface area contributed by atoms with E-state index in [1.165, 1.54) is 21.7 Å². The number of aromatic nitrogens is 6. The maximum absolute atomic E-state index is 6.29. The highest BCUT2D eigenvalue weighted by Gasteiger charge is 2.52. The van der Waals surface area contributed by atoms with Crippen molar-refractivity contribution in [3.05, 3.63) is 308 Å². The van der Waals surface area contributed by atoms with E-state index in [1.54, 1.807) is 0 Å². The van der Waals surface area contributed by atoms with Crippen molar-refractivity contribution in [2.75, 3.05) is 0 Å². The monoisotopic (exact) mass is 1310 g/mol. The molecule has 0 amide bonds. The summed E-state index contributed by atoms with van der Waals surface area (Å²) in [4.78, 5) is 29.2. The van der Waals surface area contributed by atoms with Gasteiger partial charge in [0.15, 0.2) is 34.9 Å². The van der Waals surface area contributed by atoms with E-state index in [2.05, 4.69) is 137 Å². The van der Waals surface area contributed by atoms with Crippen LogP contribution in [0.15, 0.2) is 312 Å². The van der Waals surface area contributed by atoms with E-state index >= 15 is 0 Å². The summed E-state index contributed by atoms with van der Waals surface area (Å²) in [5, 5.41) is 14.3. The van der Waals surface area contributed by atoms with Crippen LogP contribution in [0, 0.1) is 0 Å². The van der Waals surface area contributed by atoms with E-state index in [4.69, 9.17) is 59.6 Å². The Morgan fingerprint density at radius 3 is 1.13 bits per heavy atom. The maximum Gasteiger partial charge on any atom is 0.495 e. The average Bonchev–Trinajstić information content (AvgIpc) is 1.57. The minimum absolute atomic E-state index is 0.355.